The molecule has 0 unspecified atom stereocenters. The van der Waals surface area contributed by atoms with Crippen molar-refractivity contribution in [3.8, 4) is 0 Å². The van der Waals surface area contributed by atoms with Gasteiger partial charge in [0.15, 0.2) is 0 Å². The fraction of sp³-hybridized carbons (Fsp3) is 0.143. The van der Waals surface area contributed by atoms with Gasteiger partial charge in [0.25, 0.3) is 0 Å². The molecule has 0 aromatic carbocycles. The summed E-state index contributed by atoms with van der Waals surface area (Å²) in [5, 5.41) is 26.1. The third kappa shape index (κ3) is 4.08. The molecule has 3 aromatic rings. The summed E-state index contributed by atoms with van der Waals surface area (Å²) in [6.45, 7) is 15.6. The summed E-state index contributed by atoms with van der Waals surface area (Å²) in [6, 6.07) is 5.71. The Morgan fingerprint density at radius 3 is 2.07 bits per heavy atom. The largest absolute Gasteiger partial charge is 0.871 e. The molecular weight excluding hydrogens is 556 g/mol. The minimum absolute atomic E-state index is 0.184. The van der Waals surface area contributed by atoms with Gasteiger partial charge < -0.3 is 29.7 Å². The molecule has 0 spiro atoms. The molecule has 3 aromatic heterocycles. The normalized spacial score (nSPS) is 14.2. The summed E-state index contributed by atoms with van der Waals surface area (Å²) in [7, 11) is 1.20. The minimum atomic E-state index is -1.40. The first-order chi connectivity index (χ1) is 21.0. The first-order valence-electron chi connectivity index (χ1n) is 13.9. The predicted molar refractivity (Wildman–Crippen MR) is 168 cm³/mol. The number of aryl methyl sites for hydroxylation is 2. The number of esters is 1. The molecule has 6 rings (SSSR count). The van der Waals surface area contributed by atoms with Gasteiger partial charge in [-0.1, -0.05) is 37.1 Å². The average Bonchev–Trinajstić information content (AvgIpc) is 3.72. The van der Waals surface area contributed by atoms with Gasteiger partial charge in [-0.3, -0.25) is 0 Å². The van der Waals surface area contributed by atoms with E-state index < -0.39 is 17.7 Å². The van der Waals surface area contributed by atoms with Crippen molar-refractivity contribution in [2.24, 2.45) is 0 Å². The van der Waals surface area contributed by atoms with Crippen molar-refractivity contribution in [2.75, 3.05) is 7.11 Å². The van der Waals surface area contributed by atoms with Crippen molar-refractivity contribution in [1.82, 2.24) is 19.9 Å². The van der Waals surface area contributed by atoms with Gasteiger partial charge in [-0.15, -0.1) is 0 Å². The molecule has 0 saturated carbocycles. The number of aromatic nitrogens is 4. The van der Waals surface area contributed by atoms with E-state index in [0.29, 0.717) is 27.8 Å². The van der Waals surface area contributed by atoms with Crippen LogP contribution in [0, 0.1) is 13.8 Å². The van der Waals surface area contributed by atoms with Crippen molar-refractivity contribution in [1.29, 1.82) is 0 Å². The molecule has 0 radical (unpaired) electrons. The van der Waals surface area contributed by atoms with Crippen molar-refractivity contribution in [3.63, 3.8) is 0 Å². The van der Waals surface area contributed by atoms with Crippen molar-refractivity contribution >= 4 is 74.0 Å². The number of carboxylic acids is 1. The van der Waals surface area contributed by atoms with Crippen LogP contribution in [-0.2, 0) is 14.3 Å². The number of nitrogens with zero attached hydrogens (tertiary/aromatic N) is 2. The second-order valence-corrected chi connectivity index (χ2v) is 10.8. The van der Waals surface area contributed by atoms with Gasteiger partial charge in [-0.2, -0.15) is 0 Å². The van der Waals surface area contributed by atoms with E-state index in [-0.39, 0.29) is 27.8 Å². The van der Waals surface area contributed by atoms with Crippen LogP contribution in [0.5, 0.6) is 0 Å². The second-order valence-electron chi connectivity index (χ2n) is 10.8. The molecule has 2 N–H and O–H groups in total. The van der Waals surface area contributed by atoms with Crippen LogP contribution in [0.1, 0.15) is 53.2 Å². The number of H-pyrrole nitrogens is 2. The van der Waals surface area contributed by atoms with Gasteiger partial charge in [0, 0.05) is 44.0 Å². The van der Waals surface area contributed by atoms with E-state index in [1.165, 1.54) is 13.2 Å². The van der Waals surface area contributed by atoms with Crippen molar-refractivity contribution < 1.29 is 24.5 Å². The van der Waals surface area contributed by atoms with E-state index in [4.69, 9.17) is 14.7 Å². The fourth-order valence-electron chi connectivity index (χ4n) is 6.08. The van der Waals surface area contributed by atoms with Crippen LogP contribution >= 0.6 is 0 Å². The number of nitrogens with one attached hydrogen (secondary N) is 2. The summed E-state index contributed by atoms with van der Waals surface area (Å²) < 4.78 is 5.03. The molecule has 220 valence electrons. The number of aliphatic carboxylic acids is 1. The molecule has 2 aliphatic heterocycles. The molecule has 5 heterocycles. The van der Waals surface area contributed by atoms with Gasteiger partial charge in [0.1, 0.15) is 0 Å². The number of ether oxygens (including phenoxy) is 1. The Labute approximate surface area is 252 Å². The molecule has 0 amide bonds. The Hall–Kier alpha value is -5.70. The lowest BCUT2D eigenvalue weighted by Gasteiger charge is -2.13. The standard InChI is InChI=1S/C35H30N4O5/c1-8-19-15(3)22-12-24-17(5)21(10-11-28(40)41)32(38-24)30-31(35(43)44-7)34(42)29-18(6)25(39-33(29)30)14-27-20(9-2)16(4)23(37-27)13-26(19)36-22/h8-14,36-37,42H,1-2H2,3-7H3,(H,40,41)/p-2. The number of aromatic amines is 2. The molecule has 9 heteroatoms. The highest BCUT2D eigenvalue weighted by molar-refractivity contribution is 6.23. The summed E-state index contributed by atoms with van der Waals surface area (Å²) in [5.41, 5.74) is 9.59. The number of hydrogen-bond donors (Lipinski definition) is 2. The predicted octanol–water partition coefficient (Wildman–Crippen LogP) is 2.73. The number of carbonyl (C=O) groups is 2. The Morgan fingerprint density at radius 1 is 0.864 bits per heavy atom. The Kier molecular flexibility index (Phi) is 6.61. The number of fused-ring (bicyclic) bond motifs is 8. The number of hydrogen-bond acceptors (Lipinski definition) is 7. The van der Waals surface area contributed by atoms with Crippen LogP contribution in [0.25, 0.3) is 62.1 Å². The molecule has 8 bridgehead atoms. The van der Waals surface area contributed by atoms with Gasteiger partial charge in [-0.25, -0.2) is 14.8 Å². The average molecular weight is 585 g/mol. The van der Waals surface area contributed by atoms with Gasteiger partial charge in [0.2, 0.25) is 0 Å². The summed E-state index contributed by atoms with van der Waals surface area (Å²) in [6.07, 6.45) is 5.80. The quantitative estimate of drug-likeness (QED) is 0.346. The number of methoxy groups -OCH3 is 1. The molecule has 3 aliphatic rings. The van der Waals surface area contributed by atoms with Gasteiger partial charge in [-0.05, 0) is 79.8 Å². The zero-order valence-electron chi connectivity index (χ0n) is 24.9. The molecule has 1 aliphatic carbocycles. The maximum Gasteiger partial charge on any atom is 0.338 e. The van der Waals surface area contributed by atoms with Crippen LogP contribution in [-0.4, -0.2) is 39.0 Å². The lowest BCUT2D eigenvalue weighted by molar-refractivity contribution is -0.297. The number of rotatable bonds is 5. The number of carbonyl (C=O) groups excluding carboxylic acids is 2. The minimum Gasteiger partial charge on any atom is -0.871 e. The third-order valence-corrected chi connectivity index (χ3v) is 8.45. The van der Waals surface area contributed by atoms with E-state index in [2.05, 4.69) is 23.1 Å². The third-order valence-electron chi connectivity index (χ3n) is 8.45. The van der Waals surface area contributed by atoms with E-state index in [1.807, 2.05) is 32.0 Å². The summed E-state index contributed by atoms with van der Waals surface area (Å²) >= 11 is 0. The highest BCUT2D eigenvalue weighted by Crippen LogP contribution is 2.36. The lowest BCUT2D eigenvalue weighted by atomic mass is 10.0. The molecule has 0 fully saturated rings. The fourth-order valence-corrected chi connectivity index (χ4v) is 6.08. The van der Waals surface area contributed by atoms with Crippen LogP contribution < -0.4 is 20.8 Å². The maximum absolute atomic E-state index is 13.9. The van der Waals surface area contributed by atoms with E-state index >= 15 is 0 Å². The number of allylic oxidation sites excluding steroid dienone is 4. The zero-order chi connectivity index (χ0) is 31.6. The van der Waals surface area contributed by atoms with Crippen LogP contribution in [0.4, 0.5) is 0 Å². The van der Waals surface area contributed by atoms with E-state index in [1.54, 1.807) is 26.0 Å². The zero-order valence-corrected chi connectivity index (χ0v) is 24.9. The Bertz CT molecular complexity index is 2290. The van der Waals surface area contributed by atoms with Crippen LogP contribution in [0.2, 0.25) is 0 Å². The van der Waals surface area contributed by atoms with E-state index in [9.17, 15) is 19.8 Å². The Balaban J connectivity index is 1.93. The second kappa shape index (κ2) is 10.2. The molecule has 0 atom stereocenters. The van der Waals surface area contributed by atoms with Crippen LogP contribution in [0.3, 0.4) is 0 Å². The SMILES string of the molecule is C=Cc1c(C)c2cc3[nH]c(cc4nc(c5c6nc(cc1[nH]2)=C(C)C6=C([O-])C=5C(=O)OC)C(C=CC(=O)[O-])=C4C)c(C)c3C=C. The monoisotopic (exact) mass is 584 g/mol. The first-order valence-corrected chi connectivity index (χ1v) is 13.9. The Morgan fingerprint density at radius 2 is 1.48 bits per heavy atom. The smallest absolute Gasteiger partial charge is 0.338 e. The van der Waals surface area contributed by atoms with Crippen LogP contribution in [0.15, 0.2) is 49.3 Å². The topological polar surface area (TPSA) is 147 Å². The van der Waals surface area contributed by atoms with E-state index in [0.717, 1.165) is 50.4 Å². The first kappa shape index (κ1) is 28.4. The van der Waals surface area contributed by atoms with Crippen molar-refractivity contribution in [3.05, 3.63) is 99.2 Å². The van der Waals surface area contributed by atoms with Gasteiger partial charge in [0.05, 0.1) is 41.1 Å². The molecular formula is C35H28N4O5-2. The van der Waals surface area contributed by atoms with Gasteiger partial charge >= 0.3 is 5.97 Å². The highest BCUT2D eigenvalue weighted by Gasteiger charge is 2.31. The molecule has 44 heavy (non-hydrogen) atoms. The molecule has 9 nitrogen and oxygen atoms in total. The van der Waals surface area contributed by atoms with Crippen molar-refractivity contribution in [2.45, 2.75) is 27.7 Å². The highest BCUT2D eigenvalue weighted by atomic mass is 16.5. The molecule has 0 saturated heterocycles. The summed E-state index contributed by atoms with van der Waals surface area (Å²) in [5.74, 6) is -2.77. The lowest BCUT2D eigenvalue weighted by Crippen LogP contribution is -2.23. The summed E-state index contributed by atoms with van der Waals surface area (Å²) in [4.78, 5) is 41.3. The maximum atomic E-state index is 13.9. The number of carboxylic acid groups (broad SMARTS) is 1.